The van der Waals surface area contributed by atoms with E-state index in [1.54, 1.807) is 60.7 Å². The van der Waals surface area contributed by atoms with Crippen molar-refractivity contribution in [1.82, 2.24) is 0 Å². The van der Waals surface area contributed by atoms with Gasteiger partial charge in [0.1, 0.15) is 0 Å². The average molecular weight is 422 g/mol. The molecule has 0 saturated heterocycles. The zero-order valence-corrected chi connectivity index (χ0v) is 15.4. The molecule has 2 amide bonds. The molecule has 27 heavy (non-hydrogen) atoms. The minimum atomic E-state index is -1.01. The number of imide groups is 1. The third kappa shape index (κ3) is 2.84. The number of anilines is 1. The summed E-state index contributed by atoms with van der Waals surface area (Å²) in [4.78, 5) is 37.8. The first kappa shape index (κ1) is 17.2. The minimum absolute atomic E-state index is 0.191. The van der Waals surface area contributed by atoms with Crippen LogP contribution in [0.4, 0.5) is 5.69 Å². The van der Waals surface area contributed by atoms with Crippen molar-refractivity contribution >= 4 is 39.4 Å². The molecule has 5 nitrogen and oxygen atoms in total. The molecule has 1 aliphatic rings. The second-order valence-electron chi connectivity index (χ2n) is 6.03. The monoisotopic (exact) mass is 421 g/mol. The average Bonchev–Trinajstić information content (AvgIpc) is 2.92. The lowest BCUT2D eigenvalue weighted by Crippen LogP contribution is -2.29. The molecule has 0 aromatic heterocycles. The molecule has 0 radical (unpaired) electrons. The number of carbonyl (C=O) groups is 3. The number of carbonyl (C=O) groups excluding carboxylic acids is 2. The summed E-state index contributed by atoms with van der Waals surface area (Å²) < 4.78 is 0.727. The molecule has 4 rings (SSSR count). The first-order valence-electron chi connectivity index (χ1n) is 8.08. The molecule has 1 aliphatic heterocycles. The molecule has 1 N–H and O–H groups in total. The van der Waals surface area contributed by atoms with Gasteiger partial charge in [0.05, 0.1) is 22.4 Å². The molecular formula is C21H12BrNO4. The van der Waals surface area contributed by atoms with Crippen LogP contribution in [0.25, 0.3) is 11.1 Å². The van der Waals surface area contributed by atoms with E-state index in [1.807, 2.05) is 0 Å². The minimum Gasteiger partial charge on any atom is -0.478 e. The van der Waals surface area contributed by atoms with E-state index in [-0.39, 0.29) is 17.4 Å². The van der Waals surface area contributed by atoms with Crippen LogP contribution in [-0.4, -0.2) is 22.9 Å². The van der Waals surface area contributed by atoms with Crippen molar-refractivity contribution in [2.45, 2.75) is 0 Å². The number of nitrogens with zero attached hydrogens (tertiary/aromatic N) is 1. The number of halogens is 1. The Labute approximate surface area is 163 Å². The van der Waals surface area contributed by atoms with Gasteiger partial charge in [-0.1, -0.05) is 46.3 Å². The predicted octanol–water partition coefficient (Wildman–Crippen LogP) is 4.61. The maximum Gasteiger partial charge on any atom is 0.336 e. The molecule has 3 aromatic rings. The highest BCUT2D eigenvalue weighted by molar-refractivity contribution is 9.10. The molecule has 0 unspecified atom stereocenters. The summed E-state index contributed by atoms with van der Waals surface area (Å²) in [5.74, 6) is -1.77. The number of carboxylic acid groups (broad SMARTS) is 1. The lowest BCUT2D eigenvalue weighted by molar-refractivity contribution is 0.0697. The highest BCUT2D eigenvalue weighted by Crippen LogP contribution is 2.32. The largest absolute Gasteiger partial charge is 0.478 e. The number of hydrogen-bond acceptors (Lipinski definition) is 3. The van der Waals surface area contributed by atoms with Crippen LogP contribution in [0.3, 0.4) is 0 Å². The number of benzene rings is 3. The van der Waals surface area contributed by atoms with E-state index in [9.17, 15) is 19.5 Å². The topological polar surface area (TPSA) is 74.7 Å². The van der Waals surface area contributed by atoms with Crippen LogP contribution >= 0.6 is 15.9 Å². The summed E-state index contributed by atoms with van der Waals surface area (Å²) in [5.41, 5.74) is 2.61. The van der Waals surface area contributed by atoms with Gasteiger partial charge >= 0.3 is 5.97 Å². The summed E-state index contributed by atoms with van der Waals surface area (Å²) in [6.07, 6.45) is 0. The smallest absolute Gasteiger partial charge is 0.336 e. The van der Waals surface area contributed by atoms with E-state index in [4.69, 9.17) is 0 Å². The first-order chi connectivity index (χ1) is 13.0. The maximum atomic E-state index is 12.7. The second kappa shape index (κ2) is 6.48. The SMILES string of the molecule is O=C(O)c1ccccc1-c1ccc(N2C(=O)c3ccc(Br)cc3C2=O)cc1. The third-order valence-corrected chi connectivity index (χ3v) is 4.94. The number of rotatable bonds is 3. The number of fused-ring (bicyclic) bond motifs is 1. The molecule has 0 bridgehead atoms. The van der Waals surface area contributed by atoms with Gasteiger partial charge < -0.3 is 5.11 Å². The van der Waals surface area contributed by atoms with Crippen LogP contribution in [0.2, 0.25) is 0 Å². The Morgan fingerprint density at radius 3 is 2.19 bits per heavy atom. The number of aromatic carboxylic acids is 1. The van der Waals surface area contributed by atoms with E-state index in [1.165, 1.54) is 6.07 Å². The molecule has 6 heteroatoms. The van der Waals surface area contributed by atoms with Crippen LogP contribution in [0.5, 0.6) is 0 Å². The van der Waals surface area contributed by atoms with Crippen molar-refractivity contribution in [2.75, 3.05) is 4.90 Å². The van der Waals surface area contributed by atoms with Crippen molar-refractivity contribution in [3.63, 3.8) is 0 Å². The van der Waals surface area contributed by atoms with Gasteiger partial charge in [0.25, 0.3) is 11.8 Å². The summed E-state index contributed by atoms with van der Waals surface area (Å²) in [6.45, 7) is 0. The maximum absolute atomic E-state index is 12.7. The van der Waals surface area contributed by atoms with Gasteiger partial charge in [-0.25, -0.2) is 9.69 Å². The zero-order valence-electron chi connectivity index (χ0n) is 13.8. The van der Waals surface area contributed by atoms with Crippen LogP contribution in [0, 0.1) is 0 Å². The predicted molar refractivity (Wildman–Crippen MR) is 104 cm³/mol. The van der Waals surface area contributed by atoms with Gasteiger partial charge in [0.2, 0.25) is 0 Å². The Morgan fingerprint density at radius 2 is 1.48 bits per heavy atom. The molecule has 0 spiro atoms. The standard InChI is InChI=1S/C21H12BrNO4/c22-13-7-10-16-18(11-13)20(25)23(19(16)24)14-8-5-12(6-9-14)15-3-1-2-4-17(15)21(26)27/h1-11H,(H,26,27). The quantitative estimate of drug-likeness (QED) is 0.626. The van der Waals surface area contributed by atoms with Crippen LogP contribution in [0.15, 0.2) is 71.2 Å². The lowest BCUT2D eigenvalue weighted by atomic mass is 9.99. The van der Waals surface area contributed by atoms with Crippen molar-refractivity contribution in [3.05, 3.63) is 87.9 Å². The van der Waals surface area contributed by atoms with Crippen LogP contribution in [-0.2, 0) is 0 Å². The van der Waals surface area contributed by atoms with Gasteiger partial charge in [0, 0.05) is 4.47 Å². The summed E-state index contributed by atoms with van der Waals surface area (Å²) in [7, 11) is 0. The molecule has 0 aliphatic carbocycles. The molecule has 0 fully saturated rings. The highest BCUT2D eigenvalue weighted by Gasteiger charge is 2.36. The van der Waals surface area contributed by atoms with Crippen molar-refractivity contribution in [3.8, 4) is 11.1 Å². The Hall–Kier alpha value is -3.25. The summed E-state index contributed by atoms with van der Waals surface area (Å²) in [5, 5.41) is 9.34. The number of carboxylic acids is 1. The normalized spacial score (nSPS) is 13.0. The third-order valence-electron chi connectivity index (χ3n) is 4.44. The van der Waals surface area contributed by atoms with Crippen LogP contribution < -0.4 is 4.90 Å². The molecule has 0 atom stereocenters. The fraction of sp³-hybridized carbons (Fsp3) is 0. The molecule has 0 saturated carbocycles. The van der Waals surface area contributed by atoms with E-state index in [0.29, 0.717) is 27.9 Å². The van der Waals surface area contributed by atoms with Gasteiger partial charge in [-0.3, -0.25) is 9.59 Å². The zero-order chi connectivity index (χ0) is 19.1. The molecule has 1 heterocycles. The van der Waals surface area contributed by atoms with Crippen molar-refractivity contribution in [2.24, 2.45) is 0 Å². The van der Waals surface area contributed by atoms with E-state index in [2.05, 4.69) is 15.9 Å². The van der Waals surface area contributed by atoms with Crippen LogP contribution in [0.1, 0.15) is 31.1 Å². The summed E-state index contributed by atoms with van der Waals surface area (Å²) in [6, 6.07) is 18.4. The van der Waals surface area contributed by atoms with E-state index >= 15 is 0 Å². The van der Waals surface area contributed by atoms with Gasteiger partial charge in [-0.15, -0.1) is 0 Å². The van der Waals surface area contributed by atoms with E-state index < -0.39 is 5.97 Å². The number of hydrogen-bond donors (Lipinski definition) is 1. The molecule has 132 valence electrons. The fourth-order valence-corrected chi connectivity index (χ4v) is 3.52. The Balaban J connectivity index is 1.71. The Morgan fingerprint density at radius 1 is 0.815 bits per heavy atom. The van der Waals surface area contributed by atoms with Crippen molar-refractivity contribution < 1.29 is 19.5 Å². The van der Waals surface area contributed by atoms with Gasteiger partial charge in [-0.2, -0.15) is 0 Å². The lowest BCUT2D eigenvalue weighted by Gasteiger charge is -2.15. The Kier molecular flexibility index (Phi) is 4.12. The van der Waals surface area contributed by atoms with Gasteiger partial charge in [0.15, 0.2) is 0 Å². The Bertz CT molecular complexity index is 1110. The van der Waals surface area contributed by atoms with E-state index in [0.717, 1.165) is 9.37 Å². The molecule has 3 aromatic carbocycles. The highest BCUT2D eigenvalue weighted by atomic mass is 79.9. The second-order valence-corrected chi connectivity index (χ2v) is 6.95. The van der Waals surface area contributed by atoms with Gasteiger partial charge in [-0.05, 0) is 47.5 Å². The molecular weight excluding hydrogens is 410 g/mol. The van der Waals surface area contributed by atoms with Crippen molar-refractivity contribution in [1.29, 1.82) is 0 Å². The summed E-state index contributed by atoms with van der Waals surface area (Å²) >= 11 is 3.31. The number of amides is 2. The fourth-order valence-electron chi connectivity index (χ4n) is 3.16. The first-order valence-corrected chi connectivity index (χ1v) is 8.88.